The van der Waals surface area contributed by atoms with Crippen molar-refractivity contribution >= 4 is 40.2 Å². The lowest BCUT2D eigenvalue weighted by Gasteiger charge is -2.34. The van der Waals surface area contributed by atoms with Crippen LogP contribution in [0.3, 0.4) is 0 Å². The summed E-state index contributed by atoms with van der Waals surface area (Å²) in [6, 6.07) is 16.5. The highest BCUT2D eigenvalue weighted by Gasteiger charge is 2.35. The van der Waals surface area contributed by atoms with E-state index in [1.807, 2.05) is 44.2 Å². The third-order valence-electron chi connectivity index (χ3n) is 8.18. The second kappa shape index (κ2) is 13.8. The van der Waals surface area contributed by atoms with E-state index in [0.29, 0.717) is 43.3 Å². The Labute approximate surface area is 284 Å². The van der Waals surface area contributed by atoms with Gasteiger partial charge in [0.2, 0.25) is 0 Å². The first-order valence-electron chi connectivity index (χ1n) is 15.8. The zero-order valence-electron chi connectivity index (χ0n) is 27.1. The quantitative estimate of drug-likeness (QED) is 0.172. The number of ether oxygens (including phenoxy) is 2. The van der Waals surface area contributed by atoms with Gasteiger partial charge in [-0.15, -0.1) is 11.3 Å². The van der Waals surface area contributed by atoms with Crippen molar-refractivity contribution in [3.05, 3.63) is 89.2 Å². The number of primary amides is 1. The van der Waals surface area contributed by atoms with E-state index in [1.54, 1.807) is 28.1 Å². The maximum Gasteiger partial charge on any atom is 0.416 e. The Bertz CT molecular complexity index is 1970. The number of carbonyl (C=O) groups excluding carboxylic acids is 2. The maximum absolute atomic E-state index is 13.6. The van der Waals surface area contributed by atoms with Crippen LogP contribution >= 0.6 is 11.3 Å². The number of halogens is 3. The molecule has 49 heavy (non-hydrogen) atoms. The number of amides is 2. The van der Waals surface area contributed by atoms with Crippen LogP contribution in [0.5, 0.6) is 5.75 Å². The van der Waals surface area contributed by atoms with Gasteiger partial charge in [-0.05, 0) is 48.7 Å². The molecule has 256 valence electrons. The van der Waals surface area contributed by atoms with Crippen LogP contribution in [-0.2, 0) is 10.9 Å². The molecular formula is C35H35F3N6O4S. The summed E-state index contributed by atoms with van der Waals surface area (Å²) in [5.74, 6) is 0.445. The number of carbonyl (C=O) groups is 2. The predicted molar refractivity (Wildman–Crippen MR) is 181 cm³/mol. The lowest BCUT2D eigenvalue weighted by molar-refractivity contribution is -0.139. The number of imidazole rings is 1. The van der Waals surface area contributed by atoms with Gasteiger partial charge >= 0.3 is 12.3 Å². The van der Waals surface area contributed by atoms with Crippen LogP contribution in [0.15, 0.2) is 73.2 Å². The van der Waals surface area contributed by atoms with Gasteiger partial charge in [-0.3, -0.25) is 9.36 Å². The summed E-state index contributed by atoms with van der Waals surface area (Å²) in [5, 5.41) is 0.564. The molecule has 1 saturated heterocycles. The molecule has 0 unspecified atom stereocenters. The fourth-order valence-electron chi connectivity index (χ4n) is 5.66. The van der Waals surface area contributed by atoms with Crippen molar-refractivity contribution in [3.63, 3.8) is 0 Å². The topological polar surface area (TPSA) is 116 Å². The number of hydrogen-bond acceptors (Lipinski definition) is 8. The van der Waals surface area contributed by atoms with E-state index < -0.39 is 23.8 Å². The highest BCUT2D eigenvalue weighted by Crippen LogP contribution is 2.39. The Kier molecular flexibility index (Phi) is 9.50. The van der Waals surface area contributed by atoms with Gasteiger partial charge < -0.3 is 25.0 Å². The normalized spacial score (nSPS) is 14.3. The Morgan fingerprint density at radius 2 is 1.69 bits per heavy atom. The number of pyridine rings is 1. The van der Waals surface area contributed by atoms with Crippen molar-refractivity contribution in [2.75, 3.05) is 37.7 Å². The van der Waals surface area contributed by atoms with Gasteiger partial charge in [0.25, 0.3) is 5.91 Å². The molecular weight excluding hydrogens is 657 g/mol. The minimum absolute atomic E-state index is 0.0528. The van der Waals surface area contributed by atoms with Crippen molar-refractivity contribution in [2.24, 2.45) is 11.7 Å². The second-order valence-electron chi connectivity index (χ2n) is 12.2. The molecule has 14 heteroatoms. The molecule has 0 saturated carbocycles. The standard InChI is InChI=1S/C35H35F3N6O4S/c1-21(2)19-47-34(46)43-14-12-42(13-15-43)30-11-9-24(18-40-30)23-8-10-28-27(16-23)41-20-44(28)31-17-29(32(49-31)33(39)45)48-22(3)25-6-4-5-7-26(25)35(36,37)38/h4-11,16-18,20-22H,12-15,19H2,1-3H3,(H2,39,45)/t22-/m1/s1. The molecule has 5 aromatic rings. The molecule has 2 amide bonds. The molecule has 10 nitrogen and oxygen atoms in total. The van der Waals surface area contributed by atoms with Gasteiger partial charge in [-0.2, -0.15) is 13.2 Å². The summed E-state index contributed by atoms with van der Waals surface area (Å²) in [5.41, 5.74) is 8.02. The van der Waals surface area contributed by atoms with E-state index >= 15 is 0 Å². The zero-order chi connectivity index (χ0) is 34.9. The zero-order valence-corrected chi connectivity index (χ0v) is 27.9. The first kappa shape index (κ1) is 33.8. The van der Waals surface area contributed by atoms with Crippen LogP contribution in [0.4, 0.5) is 23.8 Å². The summed E-state index contributed by atoms with van der Waals surface area (Å²) in [4.78, 5) is 37.8. The maximum atomic E-state index is 13.6. The van der Waals surface area contributed by atoms with Gasteiger partial charge in [0.15, 0.2) is 0 Å². The smallest absolute Gasteiger partial charge is 0.416 e. The number of nitrogens with two attached hydrogens (primary N) is 1. The molecule has 4 heterocycles. The summed E-state index contributed by atoms with van der Waals surface area (Å²) in [7, 11) is 0. The van der Waals surface area contributed by atoms with E-state index in [4.69, 9.17) is 15.2 Å². The minimum atomic E-state index is -4.56. The van der Waals surface area contributed by atoms with Crippen LogP contribution in [0.2, 0.25) is 0 Å². The second-order valence-corrected chi connectivity index (χ2v) is 13.2. The highest BCUT2D eigenvalue weighted by molar-refractivity contribution is 7.16. The predicted octanol–water partition coefficient (Wildman–Crippen LogP) is 7.32. The first-order valence-corrected chi connectivity index (χ1v) is 16.6. The number of piperazine rings is 1. The number of nitrogens with zero attached hydrogens (tertiary/aromatic N) is 5. The molecule has 0 spiro atoms. The summed E-state index contributed by atoms with van der Waals surface area (Å²) >= 11 is 1.07. The van der Waals surface area contributed by atoms with Crippen LogP contribution < -0.4 is 15.4 Å². The molecule has 0 radical (unpaired) electrons. The minimum Gasteiger partial charge on any atom is -0.484 e. The number of alkyl halides is 3. The lowest BCUT2D eigenvalue weighted by atomic mass is 10.0. The molecule has 2 N–H and O–H groups in total. The van der Waals surface area contributed by atoms with Gasteiger partial charge in [0, 0.05) is 49.6 Å². The van der Waals surface area contributed by atoms with Gasteiger partial charge in [0.1, 0.15) is 33.9 Å². The third-order valence-corrected chi connectivity index (χ3v) is 9.31. The van der Waals surface area contributed by atoms with Crippen molar-refractivity contribution in [3.8, 4) is 21.9 Å². The molecule has 1 atom stereocenters. The van der Waals surface area contributed by atoms with Crippen LogP contribution in [0.25, 0.3) is 27.2 Å². The third kappa shape index (κ3) is 7.33. The van der Waals surface area contributed by atoms with Crippen molar-refractivity contribution < 1.29 is 32.2 Å². The number of aromatic nitrogens is 3. The Balaban J connectivity index is 1.17. The summed E-state index contributed by atoms with van der Waals surface area (Å²) < 4.78 is 54.0. The first-order chi connectivity index (χ1) is 23.4. The number of hydrogen-bond donors (Lipinski definition) is 1. The van der Waals surface area contributed by atoms with E-state index in [2.05, 4.69) is 14.9 Å². The molecule has 1 aliphatic heterocycles. The van der Waals surface area contributed by atoms with Crippen LogP contribution in [-0.4, -0.2) is 64.2 Å². The lowest BCUT2D eigenvalue weighted by Crippen LogP contribution is -2.49. The fourth-order valence-corrected chi connectivity index (χ4v) is 6.59. The van der Waals surface area contributed by atoms with Crippen molar-refractivity contribution in [1.82, 2.24) is 19.4 Å². The van der Waals surface area contributed by atoms with Gasteiger partial charge in [-0.1, -0.05) is 38.1 Å². The van der Waals surface area contributed by atoms with E-state index in [1.165, 1.54) is 25.1 Å². The molecule has 0 aliphatic carbocycles. The van der Waals surface area contributed by atoms with E-state index in [-0.39, 0.29) is 28.2 Å². The van der Waals surface area contributed by atoms with Crippen molar-refractivity contribution in [1.29, 1.82) is 0 Å². The molecule has 1 aliphatic rings. The number of benzene rings is 2. The SMILES string of the molecule is CC(C)COC(=O)N1CCN(c2ccc(-c3ccc4c(c3)ncn4-c3cc(O[C@H](C)c4ccccc4C(F)(F)F)c(C(N)=O)s3)cn2)CC1. The number of rotatable bonds is 9. The molecule has 1 fully saturated rings. The number of anilines is 1. The average Bonchev–Trinajstić information content (AvgIpc) is 3.71. The highest BCUT2D eigenvalue weighted by atomic mass is 32.1. The van der Waals surface area contributed by atoms with Gasteiger partial charge in [0.05, 0.1) is 23.2 Å². The molecule has 0 bridgehead atoms. The average molecular weight is 693 g/mol. The molecule has 3 aromatic heterocycles. The summed E-state index contributed by atoms with van der Waals surface area (Å²) in [6.45, 7) is 8.33. The Hall–Kier alpha value is -5.11. The Morgan fingerprint density at radius 3 is 2.37 bits per heavy atom. The monoisotopic (exact) mass is 692 g/mol. The van der Waals surface area contributed by atoms with E-state index in [0.717, 1.165) is 39.9 Å². The molecule has 6 rings (SSSR count). The van der Waals surface area contributed by atoms with Crippen LogP contribution in [0.1, 0.15) is 47.7 Å². The van der Waals surface area contributed by atoms with Crippen LogP contribution in [0, 0.1) is 5.92 Å². The Morgan fingerprint density at radius 1 is 0.959 bits per heavy atom. The number of fused-ring (bicyclic) bond motifs is 1. The largest absolute Gasteiger partial charge is 0.484 e. The van der Waals surface area contributed by atoms with Crippen molar-refractivity contribution in [2.45, 2.75) is 33.1 Å². The molecule has 2 aromatic carbocycles. The number of thiophene rings is 1. The summed E-state index contributed by atoms with van der Waals surface area (Å²) in [6.07, 6.45) is -2.44. The fraction of sp³-hybridized carbons (Fsp3) is 0.314. The van der Waals surface area contributed by atoms with Gasteiger partial charge in [-0.25, -0.2) is 14.8 Å². The van der Waals surface area contributed by atoms with E-state index in [9.17, 15) is 22.8 Å².